The molecule has 0 radical (unpaired) electrons. The van der Waals surface area contributed by atoms with E-state index >= 15 is 0 Å². The highest BCUT2D eigenvalue weighted by Crippen LogP contribution is 2.26. The summed E-state index contributed by atoms with van der Waals surface area (Å²) < 4.78 is 13.8. The fourth-order valence-electron chi connectivity index (χ4n) is 2.06. The number of hydrogen-bond donors (Lipinski definition) is 1. The lowest BCUT2D eigenvalue weighted by atomic mass is 10.0. The molecule has 1 aromatic rings. The van der Waals surface area contributed by atoms with Crippen molar-refractivity contribution < 1.29 is 14.3 Å². The maximum absolute atomic E-state index is 13.8. The molecule has 0 fully saturated rings. The average molecular weight is 251 g/mol. The smallest absolute Gasteiger partial charge is 0.317 e. The van der Waals surface area contributed by atoms with E-state index in [9.17, 15) is 9.18 Å². The maximum Gasteiger partial charge on any atom is 0.317 e. The number of carbonyl (C=O) groups is 1. The van der Waals surface area contributed by atoms with E-state index in [2.05, 4.69) is 6.58 Å². The van der Waals surface area contributed by atoms with Crippen LogP contribution in [0.1, 0.15) is 24.9 Å². The fraction of sp³-hybridized carbons (Fsp3) is 0.357. The van der Waals surface area contributed by atoms with Gasteiger partial charge in [0.15, 0.2) is 0 Å². The Bertz CT molecular complexity index is 420. The van der Waals surface area contributed by atoms with Crippen LogP contribution < -0.4 is 0 Å². The lowest BCUT2D eigenvalue weighted by molar-refractivity contribution is -0.138. The highest BCUT2D eigenvalue weighted by atomic mass is 19.1. The molecule has 1 atom stereocenters. The SMILES string of the molecule is C=CCN(CC(=O)O)C(CC)c1ccccc1F. The molecule has 0 bridgehead atoms. The number of aliphatic carboxylic acids is 1. The van der Waals surface area contributed by atoms with Crippen molar-refractivity contribution in [2.45, 2.75) is 19.4 Å². The summed E-state index contributed by atoms with van der Waals surface area (Å²) in [7, 11) is 0. The third-order valence-corrected chi connectivity index (χ3v) is 2.79. The second kappa shape index (κ2) is 6.91. The zero-order chi connectivity index (χ0) is 13.5. The van der Waals surface area contributed by atoms with Crippen molar-refractivity contribution in [2.75, 3.05) is 13.1 Å². The Labute approximate surface area is 107 Å². The molecule has 4 heteroatoms. The minimum Gasteiger partial charge on any atom is -0.480 e. The van der Waals surface area contributed by atoms with Gasteiger partial charge in [0, 0.05) is 18.2 Å². The fourth-order valence-corrected chi connectivity index (χ4v) is 2.06. The molecule has 0 aliphatic rings. The summed E-state index contributed by atoms with van der Waals surface area (Å²) in [5, 5.41) is 8.90. The highest BCUT2D eigenvalue weighted by Gasteiger charge is 2.22. The molecule has 1 rings (SSSR count). The standard InChI is InChI=1S/C14H18FNO2/c1-3-9-16(10-14(17)18)13(4-2)11-7-5-6-8-12(11)15/h3,5-8,13H,1,4,9-10H2,2H3,(H,17,18). The topological polar surface area (TPSA) is 40.5 Å². The van der Waals surface area contributed by atoms with Gasteiger partial charge in [0.05, 0.1) is 6.54 Å². The predicted molar refractivity (Wildman–Crippen MR) is 68.8 cm³/mol. The number of halogens is 1. The molecule has 3 nitrogen and oxygen atoms in total. The largest absolute Gasteiger partial charge is 0.480 e. The van der Waals surface area contributed by atoms with Gasteiger partial charge in [-0.15, -0.1) is 6.58 Å². The summed E-state index contributed by atoms with van der Waals surface area (Å²) in [5.74, 6) is -1.23. The Balaban J connectivity index is 3.01. The monoisotopic (exact) mass is 251 g/mol. The van der Waals surface area contributed by atoms with Crippen LogP contribution in [-0.4, -0.2) is 29.1 Å². The maximum atomic E-state index is 13.8. The molecule has 0 aliphatic carbocycles. The minimum atomic E-state index is -0.924. The summed E-state index contributed by atoms with van der Waals surface area (Å²) in [6.45, 7) is 5.81. The third-order valence-electron chi connectivity index (χ3n) is 2.79. The number of carboxylic acids is 1. The number of benzene rings is 1. The van der Waals surface area contributed by atoms with Crippen LogP contribution in [0.4, 0.5) is 4.39 Å². The first-order chi connectivity index (χ1) is 8.60. The van der Waals surface area contributed by atoms with Crippen LogP contribution in [0.5, 0.6) is 0 Å². The minimum absolute atomic E-state index is 0.126. The zero-order valence-corrected chi connectivity index (χ0v) is 10.5. The molecule has 0 amide bonds. The summed E-state index contributed by atoms with van der Waals surface area (Å²) in [6.07, 6.45) is 2.27. The van der Waals surface area contributed by atoms with Gasteiger partial charge in [0.1, 0.15) is 5.82 Å². The first-order valence-electron chi connectivity index (χ1n) is 5.91. The normalized spacial score (nSPS) is 12.4. The van der Waals surface area contributed by atoms with Crippen molar-refractivity contribution in [2.24, 2.45) is 0 Å². The summed E-state index contributed by atoms with van der Waals surface area (Å²) >= 11 is 0. The van der Waals surface area contributed by atoms with Crippen LogP contribution in [0.15, 0.2) is 36.9 Å². The first kappa shape index (κ1) is 14.4. The van der Waals surface area contributed by atoms with Crippen molar-refractivity contribution >= 4 is 5.97 Å². The van der Waals surface area contributed by atoms with Crippen molar-refractivity contribution in [3.05, 3.63) is 48.3 Å². The van der Waals surface area contributed by atoms with Crippen LogP contribution in [0, 0.1) is 5.82 Å². The van der Waals surface area contributed by atoms with E-state index in [1.807, 2.05) is 6.92 Å². The van der Waals surface area contributed by atoms with Gasteiger partial charge >= 0.3 is 5.97 Å². The quantitative estimate of drug-likeness (QED) is 0.757. The molecule has 0 aliphatic heterocycles. The van der Waals surface area contributed by atoms with Gasteiger partial charge < -0.3 is 5.11 Å². The second-order valence-electron chi connectivity index (χ2n) is 4.06. The van der Waals surface area contributed by atoms with Gasteiger partial charge in [-0.05, 0) is 12.5 Å². The van der Waals surface area contributed by atoms with Crippen molar-refractivity contribution in [1.29, 1.82) is 0 Å². The third kappa shape index (κ3) is 3.67. The Kier molecular flexibility index (Phi) is 5.52. The van der Waals surface area contributed by atoms with Crippen LogP contribution in [0.3, 0.4) is 0 Å². The van der Waals surface area contributed by atoms with E-state index < -0.39 is 5.97 Å². The molecule has 1 aromatic carbocycles. The Morgan fingerprint density at radius 2 is 2.22 bits per heavy atom. The molecule has 0 spiro atoms. The molecule has 0 saturated carbocycles. The predicted octanol–water partition coefficient (Wildman–Crippen LogP) is 2.85. The molecular formula is C14H18FNO2. The summed E-state index contributed by atoms with van der Waals surface area (Å²) in [6, 6.07) is 6.22. The van der Waals surface area contributed by atoms with E-state index in [-0.39, 0.29) is 18.4 Å². The van der Waals surface area contributed by atoms with Gasteiger partial charge in [-0.2, -0.15) is 0 Å². The molecule has 0 heterocycles. The van der Waals surface area contributed by atoms with Crippen LogP contribution in [0.2, 0.25) is 0 Å². The van der Waals surface area contributed by atoms with E-state index in [0.717, 1.165) is 0 Å². The first-order valence-corrected chi connectivity index (χ1v) is 5.91. The van der Waals surface area contributed by atoms with Crippen molar-refractivity contribution in [3.63, 3.8) is 0 Å². The molecule has 0 aromatic heterocycles. The van der Waals surface area contributed by atoms with E-state index in [1.54, 1.807) is 29.2 Å². The Hall–Kier alpha value is -1.68. The number of carboxylic acid groups (broad SMARTS) is 1. The van der Waals surface area contributed by atoms with Gasteiger partial charge in [-0.25, -0.2) is 4.39 Å². The molecule has 1 N–H and O–H groups in total. The van der Waals surface area contributed by atoms with Gasteiger partial charge in [0.25, 0.3) is 0 Å². The number of rotatable bonds is 7. The van der Waals surface area contributed by atoms with Gasteiger partial charge in [-0.3, -0.25) is 9.69 Å². The average Bonchev–Trinajstić information content (AvgIpc) is 2.32. The molecular weight excluding hydrogens is 233 g/mol. The second-order valence-corrected chi connectivity index (χ2v) is 4.06. The highest BCUT2D eigenvalue weighted by molar-refractivity contribution is 5.69. The summed E-state index contributed by atoms with van der Waals surface area (Å²) in [5.41, 5.74) is 0.531. The molecule has 0 saturated heterocycles. The number of hydrogen-bond acceptors (Lipinski definition) is 2. The van der Waals surface area contributed by atoms with Crippen LogP contribution in [-0.2, 0) is 4.79 Å². The summed E-state index contributed by atoms with van der Waals surface area (Å²) in [4.78, 5) is 12.6. The number of nitrogens with zero attached hydrogens (tertiary/aromatic N) is 1. The van der Waals surface area contributed by atoms with E-state index in [0.29, 0.717) is 18.5 Å². The Morgan fingerprint density at radius 3 is 2.72 bits per heavy atom. The molecule has 1 unspecified atom stereocenters. The van der Waals surface area contributed by atoms with Gasteiger partial charge in [0.2, 0.25) is 0 Å². The lowest BCUT2D eigenvalue weighted by Gasteiger charge is -2.29. The van der Waals surface area contributed by atoms with Crippen LogP contribution in [0.25, 0.3) is 0 Å². The lowest BCUT2D eigenvalue weighted by Crippen LogP contribution is -2.34. The van der Waals surface area contributed by atoms with Gasteiger partial charge in [-0.1, -0.05) is 31.2 Å². The molecule has 98 valence electrons. The van der Waals surface area contributed by atoms with Crippen molar-refractivity contribution in [1.82, 2.24) is 4.90 Å². The van der Waals surface area contributed by atoms with E-state index in [4.69, 9.17) is 5.11 Å². The van der Waals surface area contributed by atoms with Crippen LogP contribution >= 0.6 is 0 Å². The van der Waals surface area contributed by atoms with Crippen molar-refractivity contribution in [3.8, 4) is 0 Å². The Morgan fingerprint density at radius 1 is 1.56 bits per heavy atom. The zero-order valence-electron chi connectivity index (χ0n) is 10.5. The van der Waals surface area contributed by atoms with E-state index in [1.165, 1.54) is 6.07 Å². The molecule has 18 heavy (non-hydrogen) atoms.